The van der Waals surface area contributed by atoms with Gasteiger partial charge in [0.25, 0.3) is 0 Å². The summed E-state index contributed by atoms with van der Waals surface area (Å²) in [6.45, 7) is 0.267. The summed E-state index contributed by atoms with van der Waals surface area (Å²) in [7, 11) is 0. The van der Waals surface area contributed by atoms with Crippen molar-refractivity contribution in [3.63, 3.8) is 0 Å². The summed E-state index contributed by atoms with van der Waals surface area (Å²) in [6.07, 6.45) is 1.73. The molecule has 21 heavy (non-hydrogen) atoms. The van der Waals surface area contributed by atoms with Gasteiger partial charge in [0.15, 0.2) is 0 Å². The van der Waals surface area contributed by atoms with Crippen LogP contribution in [0.15, 0.2) is 54.7 Å². The van der Waals surface area contributed by atoms with Gasteiger partial charge >= 0.3 is 0 Å². The van der Waals surface area contributed by atoms with Crippen LogP contribution in [0.4, 0.5) is 4.39 Å². The van der Waals surface area contributed by atoms with Gasteiger partial charge in [0, 0.05) is 11.6 Å². The molecule has 0 aliphatic heterocycles. The van der Waals surface area contributed by atoms with E-state index in [0.717, 1.165) is 16.5 Å². The Morgan fingerprint density at radius 2 is 2.05 bits per heavy atom. The third kappa shape index (κ3) is 2.67. The van der Waals surface area contributed by atoms with Crippen LogP contribution in [0.3, 0.4) is 0 Å². The highest BCUT2D eigenvalue weighted by molar-refractivity contribution is 5.84. The van der Waals surface area contributed by atoms with Crippen LogP contribution in [-0.4, -0.2) is 4.98 Å². The van der Waals surface area contributed by atoms with Gasteiger partial charge in [-0.05, 0) is 42.0 Å². The number of nitriles is 1. The predicted molar refractivity (Wildman–Crippen MR) is 77.2 cm³/mol. The normalized spacial score (nSPS) is 10.3. The Kier molecular flexibility index (Phi) is 3.48. The zero-order valence-electron chi connectivity index (χ0n) is 11.1. The lowest BCUT2D eigenvalue weighted by atomic mass is 10.1. The Morgan fingerprint density at radius 1 is 1.14 bits per heavy atom. The second kappa shape index (κ2) is 5.59. The molecule has 3 aromatic rings. The molecule has 0 unspecified atom stereocenters. The topological polar surface area (TPSA) is 45.9 Å². The van der Waals surface area contributed by atoms with Crippen LogP contribution in [0.2, 0.25) is 0 Å². The Hall–Kier alpha value is -2.93. The van der Waals surface area contributed by atoms with Crippen LogP contribution in [0, 0.1) is 17.1 Å². The number of aromatic nitrogens is 1. The minimum absolute atomic E-state index is 0.0238. The van der Waals surface area contributed by atoms with E-state index in [2.05, 4.69) is 4.98 Å². The van der Waals surface area contributed by atoms with Gasteiger partial charge in [-0.3, -0.25) is 4.98 Å². The maximum atomic E-state index is 13.3. The van der Waals surface area contributed by atoms with Crippen LogP contribution in [-0.2, 0) is 6.61 Å². The van der Waals surface area contributed by atoms with E-state index in [1.54, 1.807) is 12.3 Å². The summed E-state index contributed by atoms with van der Waals surface area (Å²) in [5.74, 6) is 0.194. The number of benzene rings is 2. The van der Waals surface area contributed by atoms with E-state index in [1.807, 2.05) is 36.4 Å². The van der Waals surface area contributed by atoms with Crippen molar-refractivity contribution in [2.45, 2.75) is 6.61 Å². The predicted octanol–water partition coefficient (Wildman–Crippen LogP) is 3.82. The number of ether oxygens (including phenoxy) is 1. The zero-order valence-corrected chi connectivity index (χ0v) is 11.1. The first kappa shape index (κ1) is 13.1. The number of halogens is 1. The standard InChI is InChI=1S/C17H11FN2O/c18-15-7-6-12(9-13(15)10-19)11-21-17-5-1-4-16-14(17)3-2-8-20-16/h1-9H,11H2. The molecule has 0 saturated carbocycles. The summed E-state index contributed by atoms with van der Waals surface area (Å²) >= 11 is 0. The summed E-state index contributed by atoms with van der Waals surface area (Å²) in [4.78, 5) is 4.26. The first-order valence-electron chi connectivity index (χ1n) is 6.43. The highest BCUT2D eigenvalue weighted by Gasteiger charge is 2.05. The van der Waals surface area contributed by atoms with Crippen molar-refractivity contribution in [1.29, 1.82) is 5.26 Å². The average molecular weight is 278 g/mol. The molecule has 0 aliphatic carbocycles. The molecule has 3 nitrogen and oxygen atoms in total. The molecular formula is C17H11FN2O. The molecule has 0 aliphatic rings. The highest BCUT2D eigenvalue weighted by atomic mass is 19.1. The number of fused-ring (bicyclic) bond motifs is 1. The molecule has 0 N–H and O–H groups in total. The molecule has 0 amide bonds. The Bertz CT molecular complexity index is 834. The van der Waals surface area contributed by atoms with E-state index in [4.69, 9.17) is 10.00 Å². The molecule has 3 rings (SSSR count). The summed E-state index contributed by atoms with van der Waals surface area (Å²) in [5, 5.41) is 9.75. The van der Waals surface area contributed by atoms with Crippen molar-refractivity contribution >= 4 is 10.9 Å². The monoisotopic (exact) mass is 278 g/mol. The molecule has 0 spiro atoms. The fourth-order valence-electron chi connectivity index (χ4n) is 2.11. The van der Waals surface area contributed by atoms with Gasteiger partial charge in [0.1, 0.15) is 24.2 Å². The van der Waals surface area contributed by atoms with Crippen molar-refractivity contribution in [2.75, 3.05) is 0 Å². The van der Waals surface area contributed by atoms with Gasteiger partial charge in [-0.1, -0.05) is 12.1 Å². The van der Waals surface area contributed by atoms with Crippen LogP contribution < -0.4 is 4.74 Å². The van der Waals surface area contributed by atoms with Gasteiger partial charge in [-0.2, -0.15) is 5.26 Å². The molecule has 2 aromatic carbocycles. The Balaban J connectivity index is 1.86. The maximum absolute atomic E-state index is 13.3. The van der Waals surface area contributed by atoms with Gasteiger partial charge in [0.2, 0.25) is 0 Å². The average Bonchev–Trinajstić information content (AvgIpc) is 2.54. The first-order valence-corrected chi connectivity index (χ1v) is 6.43. The van der Waals surface area contributed by atoms with Crippen molar-refractivity contribution in [2.24, 2.45) is 0 Å². The van der Waals surface area contributed by atoms with E-state index in [-0.39, 0.29) is 12.2 Å². The smallest absolute Gasteiger partial charge is 0.140 e. The van der Waals surface area contributed by atoms with Crippen LogP contribution in [0.1, 0.15) is 11.1 Å². The fourth-order valence-corrected chi connectivity index (χ4v) is 2.11. The third-order valence-corrected chi connectivity index (χ3v) is 3.15. The lowest BCUT2D eigenvalue weighted by Crippen LogP contribution is -1.98. The quantitative estimate of drug-likeness (QED) is 0.731. The molecule has 0 saturated heterocycles. The first-order chi connectivity index (χ1) is 10.3. The van der Waals surface area contributed by atoms with Gasteiger partial charge in [-0.25, -0.2) is 4.39 Å². The summed E-state index contributed by atoms with van der Waals surface area (Å²) < 4.78 is 19.0. The lowest BCUT2D eigenvalue weighted by molar-refractivity contribution is 0.310. The largest absolute Gasteiger partial charge is 0.488 e. The Morgan fingerprint density at radius 3 is 2.90 bits per heavy atom. The summed E-state index contributed by atoms with van der Waals surface area (Å²) in [6, 6.07) is 15.6. The Labute approximate surface area is 121 Å². The van der Waals surface area contributed by atoms with E-state index in [1.165, 1.54) is 12.1 Å². The van der Waals surface area contributed by atoms with Crippen LogP contribution in [0.25, 0.3) is 10.9 Å². The lowest BCUT2D eigenvalue weighted by Gasteiger charge is -2.09. The van der Waals surface area contributed by atoms with Gasteiger partial charge in [-0.15, -0.1) is 0 Å². The molecule has 1 aromatic heterocycles. The number of hydrogen-bond donors (Lipinski definition) is 0. The number of pyridine rings is 1. The molecule has 1 heterocycles. The highest BCUT2D eigenvalue weighted by Crippen LogP contribution is 2.24. The molecule has 4 heteroatoms. The third-order valence-electron chi connectivity index (χ3n) is 3.15. The minimum Gasteiger partial charge on any atom is -0.488 e. The van der Waals surface area contributed by atoms with Crippen LogP contribution >= 0.6 is 0 Å². The number of hydrogen-bond acceptors (Lipinski definition) is 3. The minimum atomic E-state index is -0.518. The molecule has 102 valence electrons. The van der Waals surface area contributed by atoms with Gasteiger partial charge < -0.3 is 4.74 Å². The molecule has 0 fully saturated rings. The second-order valence-electron chi connectivity index (χ2n) is 4.54. The fraction of sp³-hybridized carbons (Fsp3) is 0.0588. The second-order valence-corrected chi connectivity index (χ2v) is 4.54. The van der Waals surface area contributed by atoms with Crippen molar-refractivity contribution < 1.29 is 9.13 Å². The van der Waals surface area contributed by atoms with E-state index < -0.39 is 5.82 Å². The van der Waals surface area contributed by atoms with Gasteiger partial charge in [0.05, 0.1) is 11.1 Å². The molecular weight excluding hydrogens is 267 g/mol. The van der Waals surface area contributed by atoms with E-state index in [0.29, 0.717) is 5.75 Å². The SMILES string of the molecule is N#Cc1cc(COc2cccc3ncccc23)ccc1F. The van der Waals surface area contributed by atoms with Crippen molar-refractivity contribution in [1.82, 2.24) is 4.98 Å². The van der Waals surface area contributed by atoms with Crippen molar-refractivity contribution in [3.05, 3.63) is 71.7 Å². The number of rotatable bonds is 3. The molecule has 0 bridgehead atoms. The van der Waals surface area contributed by atoms with E-state index in [9.17, 15) is 4.39 Å². The summed E-state index contributed by atoms with van der Waals surface area (Å²) in [5.41, 5.74) is 1.62. The molecule has 0 radical (unpaired) electrons. The van der Waals surface area contributed by atoms with Crippen LogP contribution in [0.5, 0.6) is 5.75 Å². The zero-order chi connectivity index (χ0) is 14.7. The number of nitrogens with zero attached hydrogens (tertiary/aromatic N) is 2. The molecule has 0 atom stereocenters. The van der Waals surface area contributed by atoms with E-state index >= 15 is 0 Å². The maximum Gasteiger partial charge on any atom is 0.140 e. The van der Waals surface area contributed by atoms with Crippen molar-refractivity contribution in [3.8, 4) is 11.8 Å².